The van der Waals surface area contributed by atoms with E-state index in [2.05, 4.69) is 9.97 Å². The maximum absolute atomic E-state index is 13.3. The first-order chi connectivity index (χ1) is 16.4. The molecule has 0 aliphatic carbocycles. The molecule has 11 heteroatoms. The Hall–Kier alpha value is -3.14. The monoisotopic (exact) mass is 503 g/mol. The largest absolute Gasteiger partial charge is 0.482 e. The van der Waals surface area contributed by atoms with Gasteiger partial charge in [-0.15, -0.1) is 0 Å². The maximum atomic E-state index is 13.3. The normalized spacial score (nSPS) is 16.2. The number of ether oxygens (including phenoxy) is 2. The summed E-state index contributed by atoms with van der Waals surface area (Å²) in [7, 11) is 1.49. The van der Waals surface area contributed by atoms with Crippen molar-refractivity contribution >= 4 is 51.7 Å². The zero-order valence-corrected chi connectivity index (χ0v) is 19.9. The lowest BCUT2D eigenvalue weighted by Gasteiger charge is -2.40. The van der Waals surface area contributed by atoms with E-state index in [1.807, 2.05) is 18.2 Å². The van der Waals surface area contributed by atoms with Crippen LogP contribution in [0.5, 0.6) is 5.75 Å². The molecule has 0 radical (unpaired) electrons. The summed E-state index contributed by atoms with van der Waals surface area (Å²) in [4.78, 5) is 37.6. The van der Waals surface area contributed by atoms with Gasteiger partial charge in [-0.05, 0) is 29.8 Å². The lowest BCUT2D eigenvalue weighted by molar-refractivity contribution is -0.155. The molecule has 34 heavy (non-hydrogen) atoms. The third kappa shape index (κ3) is 5.01. The van der Waals surface area contributed by atoms with Crippen molar-refractivity contribution in [3.8, 4) is 5.75 Å². The molecule has 1 saturated heterocycles. The molecule has 0 saturated carbocycles. The van der Waals surface area contributed by atoms with Gasteiger partial charge >= 0.3 is 0 Å². The predicted molar refractivity (Wildman–Crippen MR) is 129 cm³/mol. The van der Waals surface area contributed by atoms with Gasteiger partial charge < -0.3 is 25.0 Å². The molecule has 2 heterocycles. The summed E-state index contributed by atoms with van der Waals surface area (Å²) in [5.74, 6) is 0.159. The van der Waals surface area contributed by atoms with Crippen molar-refractivity contribution in [3.63, 3.8) is 0 Å². The Bertz CT molecular complexity index is 1230. The zero-order valence-electron chi connectivity index (χ0n) is 18.4. The van der Waals surface area contributed by atoms with Gasteiger partial charge in [-0.1, -0.05) is 35.3 Å². The molecular weight excluding hydrogens is 481 g/mol. The third-order valence-electron chi connectivity index (χ3n) is 5.60. The van der Waals surface area contributed by atoms with Crippen molar-refractivity contribution in [2.75, 3.05) is 39.1 Å². The van der Waals surface area contributed by atoms with Gasteiger partial charge in [0.15, 0.2) is 6.61 Å². The van der Waals surface area contributed by atoms with E-state index >= 15 is 0 Å². The molecule has 2 N–H and O–H groups in total. The number of methoxy groups -OCH3 is 1. The summed E-state index contributed by atoms with van der Waals surface area (Å²) >= 11 is 12.1. The predicted octanol–water partition coefficient (Wildman–Crippen LogP) is 2.78. The van der Waals surface area contributed by atoms with Crippen LogP contribution in [-0.4, -0.2) is 71.0 Å². The van der Waals surface area contributed by atoms with Crippen LogP contribution in [0.25, 0.3) is 10.9 Å². The lowest BCUT2D eigenvalue weighted by Crippen LogP contribution is -2.60. The Kier molecular flexibility index (Phi) is 7.35. The maximum Gasteiger partial charge on any atom is 0.261 e. The van der Waals surface area contributed by atoms with Gasteiger partial charge in [-0.3, -0.25) is 9.59 Å². The van der Waals surface area contributed by atoms with E-state index in [0.717, 1.165) is 10.9 Å². The second kappa shape index (κ2) is 10.4. The van der Waals surface area contributed by atoms with E-state index in [1.165, 1.54) is 18.3 Å². The number of hydrogen-bond donors (Lipinski definition) is 1. The Balaban J connectivity index is 1.45. The smallest absolute Gasteiger partial charge is 0.261 e. The molecule has 2 aromatic carbocycles. The van der Waals surface area contributed by atoms with Gasteiger partial charge in [-0.25, -0.2) is 9.97 Å². The van der Waals surface area contributed by atoms with Crippen LogP contribution in [0.1, 0.15) is 5.56 Å². The summed E-state index contributed by atoms with van der Waals surface area (Å²) in [5.41, 5.74) is 7.50. The summed E-state index contributed by atoms with van der Waals surface area (Å²) < 4.78 is 10.8. The van der Waals surface area contributed by atoms with Gasteiger partial charge in [0.25, 0.3) is 5.91 Å². The number of amides is 2. The summed E-state index contributed by atoms with van der Waals surface area (Å²) in [6.45, 7) is 0.871. The second-order valence-corrected chi connectivity index (χ2v) is 8.55. The average molecular weight is 504 g/mol. The molecule has 1 aliphatic rings. The number of halogens is 2. The molecule has 0 unspecified atom stereocenters. The SMILES string of the molecule is COC[C@H]1C(=O)N(Cc2ccc3c(N)ncnc3c2)CCN1C(=O)COc1cccc(Cl)c1Cl. The quantitative estimate of drug-likeness (QED) is 0.527. The number of rotatable bonds is 7. The number of piperazine rings is 1. The minimum Gasteiger partial charge on any atom is -0.482 e. The number of hydrogen-bond acceptors (Lipinski definition) is 7. The van der Waals surface area contributed by atoms with Crippen molar-refractivity contribution < 1.29 is 19.1 Å². The lowest BCUT2D eigenvalue weighted by atomic mass is 10.1. The van der Waals surface area contributed by atoms with E-state index in [9.17, 15) is 9.59 Å². The zero-order chi connectivity index (χ0) is 24.2. The molecule has 1 aliphatic heterocycles. The summed E-state index contributed by atoms with van der Waals surface area (Å²) in [5, 5.41) is 1.31. The van der Waals surface area contributed by atoms with Crippen molar-refractivity contribution in [2.24, 2.45) is 0 Å². The van der Waals surface area contributed by atoms with E-state index < -0.39 is 6.04 Å². The highest BCUT2D eigenvalue weighted by Gasteiger charge is 2.37. The number of carbonyl (C=O) groups is 2. The molecule has 2 amide bonds. The van der Waals surface area contributed by atoms with Gasteiger partial charge in [0.05, 0.1) is 17.1 Å². The number of carbonyl (C=O) groups excluding carboxylic acids is 2. The molecule has 9 nitrogen and oxygen atoms in total. The van der Waals surface area contributed by atoms with Gasteiger partial charge in [0, 0.05) is 32.1 Å². The van der Waals surface area contributed by atoms with Gasteiger partial charge in [0.2, 0.25) is 5.91 Å². The fourth-order valence-corrected chi connectivity index (χ4v) is 4.22. The topological polar surface area (TPSA) is 111 Å². The van der Waals surface area contributed by atoms with Crippen LogP contribution in [0.3, 0.4) is 0 Å². The fraction of sp³-hybridized carbons (Fsp3) is 0.304. The summed E-state index contributed by atoms with van der Waals surface area (Å²) in [6, 6.07) is 9.78. The molecule has 1 fully saturated rings. The fourth-order valence-electron chi connectivity index (χ4n) is 3.87. The summed E-state index contributed by atoms with van der Waals surface area (Å²) in [6.07, 6.45) is 1.41. The van der Waals surface area contributed by atoms with Crippen LogP contribution in [0.15, 0.2) is 42.7 Å². The average Bonchev–Trinajstić information content (AvgIpc) is 2.82. The first-order valence-corrected chi connectivity index (χ1v) is 11.3. The number of nitrogen functional groups attached to an aromatic ring is 1. The highest BCUT2D eigenvalue weighted by Crippen LogP contribution is 2.31. The molecule has 0 bridgehead atoms. The first-order valence-electron chi connectivity index (χ1n) is 10.5. The number of benzene rings is 2. The van der Waals surface area contributed by atoms with Crippen molar-refractivity contribution in [3.05, 3.63) is 58.3 Å². The number of anilines is 1. The van der Waals surface area contributed by atoms with Gasteiger partial charge in [-0.2, -0.15) is 0 Å². The Labute approximate surface area is 206 Å². The van der Waals surface area contributed by atoms with Crippen molar-refractivity contribution in [1.82, 2.24) is 19.8 Å². The molecule has 1 atom stereocenters. The van der Waals surface area contributed by atoms with E-state index in [0.29, 0.717) is 41.7 Å². The molecular formula is C23H23Cl2N5O4. The third-order valence-corrected chi connectivity index (χ3v) is 6.40. The van der Waals surface area contributed by atoms with E-state index in [-0.39, 0.29) is 30.1 Å². The molecule has 3 aromatic rings. The minimum atomic E-state index is -0.761. The number of fused-ring (bicyclic) bond motifs is 1. The van der Waals surface area contributed by atoms with Crippen LogP contribution in [-0.2, 0) is 20.9 Å². The van der Waals surface area contributed by atoms with Crippen molar-refractivity contribution in [2.45, 2.75) is 12.6 Å². The second-order valence-electron chi connectivity index (χ2n) is 7.77. The molecule has 178 valence electrons. The minimum absolute atomic E-state index is 0.0699. The van der Waals surface area contributed by atoms with Gasteiger partial charge in [0.1, 0.15) is 29.0 Å². The Morgan fingerprint density at radius 3 is 2.82 bits per heavy atom. The van der Waals surface area contributed by atoms with Crippen LogP contribution >= 0.6 is 23.2 Å². The number of aromatic nitrogens is 2. The molecule has 1 aromatic heterocycles. The van der Waals surface area contributed by atoms with Crippen LogP contribution in [0.2, 0.25) is 10.0 Å². The van der Waals surface area contributed by atoms with Crippen LogP contribution in [0.4, 0.5) is 5.82 Å². The highest BCUT2D eigenvalue weighted by atomic mass is 35.5. The van der Waals surface area contributed by atoms with E-state index in [1.54, 1.807) is 23.1 Å². The molecule has 4 rings (SSSR count). The van der Waals surface area contributed by atoms with E-state index in [4.69, 9.17) is 38.4 Å². The van der Waals surface area contributed by atoms with Crippen LogP contribution in [0, 0.1) is 0 Å². The number of nitrogens with two attached hydrogens (primary N) is 1. The highest BCUT2D eigenvalue weighted by molar-refractivity contribution is 6.42. The Morgan fingerprint density at radius 1 is 1.21 bits per heavy atom. The Morgan fingerprint density at radius 2 is 2.03 bits per heavy atom. The first kappa shape index (κ1) is 24.0. The molecule has 0 spiro atoms. The number of nitrogens with zero attached hydrogens (tertiary/aromatic N) is 4. The van der Waals surface area contributed by atoms with Crippen LogP contribution < -0.4 is 10.5 Å². The standard InChI is InChI=1S/C23H23Cl2N5O4/c1-33-11-18-23(32)29(10-14-5-6-15-17(9-14)27-13-28-22(15)26)7-8-30(18)20(31)12-34-19-4-2-3-16(24)21(19)25/h2-6,9,13,18H,7-8,10-12H2,1H3,(H2,26,27,28)/t18-/m0/s1. The van der Waals surface area contributed by atoms with Crippen molar-refractivity contribution in [1.29, 1.82) is 0 Å².